The molecule has 0 saturated carbocycles. The Morgan fingerprint density at radius 2 is 2.21 bits per heavy atom. The van der Waals surface area contributed by atoms with Crippen LogP contribution in [0.5, 0.6) is 0 Å². The van der Waals surface area contributed by atoms with Gasteiger partial charge in [0.05, 0.1) is 6.61 Å². The molecule has 2 nitrogen and oxygen atoms in total. The Kier molecular flexibility index (Phi) is 2.30. The number of hydrogen-bond acceptors (Lipinski definition) is 2. The fraction of sp³-hybridized carbons (Fsp3) is 0.333. The number of likely N-dealkylation sites (N-methyl/N-ethyl adjacent to an activating group) is 1. The van der Waals surface area contributed by atoms with Crippen LogP contribution in [0.3, 0.4) is 0 Å². The number of fused-ring (bicyclic) bond motifs is 1. The predicted octanol–water partition coefficient (Wildman–Crippen LogP) is 1.95. The van der Waals surface area contributed by atoms with Gasteiger partial charge in [0, 0.05) is 24.8 Å². The summed E-state index contributed by atoms with van der Waals surface area (Å²) in [5.41, 5.74) is 4.60. The topological polar surface area (TPSA) is 23.5 Å². The van der Waals surface area contributed by atoms with E-state index >= 15 is 0 Å². The van der Waals surface area contributed by atoms with Crippen molar-refractivity contribution in [1.82, 2.24) is 0 Å². The van der Waals surface area contributed by atoms with Crippen LogP contribution in [0.15, 0.2) is 18.2 Å². The highest BCUT2D eigenvalue weighted by Crippen LogP contribution is 2.30. The van der Waals surface area contributed by atoms with Crippen LogP contribution in [0.25, 0.3) is 6.08 Å². The lowest BCUT2D eigenvalue weighted by molar-refractivity contribution is 0.282. The van der Waals surface area contributed by atoms with E-state index < -0.39 is 0 Å². The van der Waals surface area contributed by atoms with Gasteiger partial charge in [0.2, 0.25) is 0 Å². The monoisotopic (exact) mass is 189 g/mol. The Balaban J connectivity index is 2.62. The number of aryl methyl sites for hydroxylation is 1. The second-order valence-electron chi connectivity index (χ2n) is 3.80. The first-order valence-corrected chi connectivity index (χ1v) is 4.84. The van der Waals surface area contributed by atoms with Crippen molar-refractivity contribution in [3.8, 4) is 0 Å². The van der Waals surface area contributed by atoms with E-state index in [9.17, 15) is 5.11 Å². The molecule has 1 aromatic rings. The summed E-state index contributed by atoms with van der Waals surface area (Å²) in [6.07, 6.45) is 4.27. The van der Waals surface area contributed by atoms with Crippen molar-refractivity contribution >= 4 is 11.8 Å². The highest BCUT2D eigenvalue weighted by atomic mass is 16.3. The number of aliphatic hydroxyl groups is 1. The van der Waals surface area contributed by atoms with Crippen molar-refractivity contribution in [2.75, 3.05) is 18.5 Å². The van der Waals surface area contributed by atoms with Gasteiger partial charge in [-0.3, -0.25) is 0 Å². The highest BCUT2D eigenvalue weighted by Gasteiger charge is 2.13. The molecule has 2 rings (SSSR count). The standard InChI is InChI=1S/C12H15NO/c1-9-6-10-4-3-5-13(2)12(10)11(7-9)8-14/h3-4,6-7,14H,5,8H2,1-2H3. The fourth-order valence-electron chi connectivity index (χ4n) is 2.03. The number of aliphatic hydroxyl groups excluding tert-OH is 1. The van der Waals surface area contributed by atoms with Crippen molar-refractivity contribution in [2.45, 2.75) is 13.5 Å². The Hall–Kier alpha value is -1.28. The van der Waals surface area contributed by atoms with Crippen molar-refractivity contribution < 1.29 is 5.11 Å². The summed E-state index contributed by atoms with van der Waals surface area (Å²) in [6, 6.07) is 4.20. The first-order valence-electron chi connectivity index (χ1n) is 4.84. The summed E-state index contributed by atoms with van der Waals surface area (Å²) in [4.78, 5) is 2.17. The maximum absolute atomic E-state index is 9.29. The third-order valence-electron chi connectivity index (χ3n) is 2.59. The van der Waals surface area contributed by atoms with E-state index in [0.29, 0.717) is 0 Å². The van der Waals surface area contributed by atoms with E-state index in [1.165, 1.54) is 16.8 Å². The molecule has 0 aromatic heterocycles. The van der Waals surface area contributed by atoms with Crippen LogP contribution in [0.4, 0.5) is 5.69 Å². The molecule has 74 valence electrons. The molecule has 0 spiro atoms. The summed E-state index contributed by atoms with van der Waals surface area (Å²) in [5.74, 6) is 0. The van der Waals surface area contributed by atoms with E-state index in [2.05, 4.69) is 43.2 Å². The largest absolute Gasteiger partial charge is 0.392 e. The zero-order valence-corrected chi connectivity index (χ0v) is 8.62. The molecule has 0 saturated heterocycles. The lowest BCUT2D eigenvalue weighted by atomic mass is 10.00. The smallest absolute Gasteiger partial charge is 0.0702 e. The number of benzene rings is 1. The normalized spacial score (nSPS) is 14.4. The summed E-state index contributed by atoms with van der Waals surface area (Å²) in [5, 5.41) is 9.29. The average Bonchev–Trinajstić information content (AvgIpc) is 2.16. The van der Waals surface area contributed by atoms with Gasteiger partial charge in [0.25, 0.3) is 0 Å². The molecule has 2 heteroatoms. The number of anilines is 1. The van der Waals surface area contributed by atoms with Crippen LogP contribution < -0.4 is 4.90 Å². The summed E-state index contributed by atoms with van der Waals surface area (Å²) in [7, 11) is 2.05. The molecule has 0 atom stereocenters. The van der Waals surface area contributed by atoms with Gasteiger partial charge < -0.3 is 10.0 Å². The molecule has 1 aromatic carbocycles. The summed E-state index contributed by atoms with van der Waals surface area (Å²) in [6.45, 7) is 3.09. The minimum atomic E-state index is 0.113. The quantitative estimate of drug-likeness (QED) is 0.730. The minimum absolute atomic E-state index is 0.113. The Bertz CT molecular complexity index is 382. The van der Waals surface area contributed by atoms with E-state index in [1.54, 1.807) is 0 Å². The Labute approximate surface area is 84.5 Å². The molecule has 0 aliphatic carbocycles. The van der Waals surface area contributed by atoms with Crippen molar-refractivity contribution in [2.24, 2.45) is 0 Å². The first-order chi connectivity index (χ1) is 6.72. The summed E-state index contributed by atoms with van der Waals surface area (Å²) < 4.78 is 0. The van der Waals surface area contributed by atoms with Crippen molar-refractivity contribution in [3.05, 3.63) is 34.9 Å². The van der Waals surface area contributed by atoms with Crippen LogP contribution >= 0.6 is 0 Å². The number of hydrogen-bond donors (Lipinski definition) is 1. The van der Waals surface area contributed by atoms with E-state index in [1.807, 2.05) is 0 Å². The molecule has 0 radical (unpaired) electrons. The minimum Gasteiger partial charge on any atom is -0.392 e. The molecule has 1 aliphatic rings. The Morgan fingerprint density at radius 1 is 1.43 bits per heavy atom. The van der Waals surface area contributed by atoms with E-state index in [0.717, 1.165) is 12.1 Å². The lowest BCUT2D eigenvalue weighted by Crippen LogP contribution is -2.22. The van der Waals surface area contributed by atoms with Crippen LogP contribution in [-0.4, -0.2) is 18.7 Å². The maximum Gasteiger partial charge on any atom is 0.0702 e. The predicted molar refractivity (Wildman–Crippen MR) is 59.4 cm³/mol. The fourth-order valence-corrected chi connectivity index (χ4v) is 2.03. The van der Waals surface area contributed by atoms with Crippen LogP contribution in [0.2, 0.25) is 0 Å². The lowest BCUT2D eigenvalue weighted by Gasteiger charge is -2.26. The molecule has 0 unspecified atom stereocenters. The van der Waals surface area contributed by atoms with Gasteiger partial charge in [-0.25, -0.2) is 0 Å². The zero-order valence-electron chi connectivity index (χ0n) is 8.62. The molecule has 1 heterocycles. The SMILES string of the molecule is Cc1cc2c(c(CO)c1)N(C)CC=C2. The van der Waals surface area contributed by atoms with Gasteiger partial charge in [0.1, 0.15) is 0 Å². The zero-order chi connectivity index (χ0) is 10.1. The molecule has 0 bridgehead atoms. The van der Waals surface area contributed by atoms with Gasteiger partial charge in [-0.2, -0.15) is 0 Å². The third kappa shape index (κ3) is 1.42. The Morgan fingerprint density at radius 3 is 2.93 bits per heavy atom. The average molecular weight is 189 g/mol. The molecule has 0 fully saturated rings. The molecule has 0 amide bonds. The van der Waals surface area contributed by atoms with Gasteiger partial charge in [-0.1, -0.05) is 23.8 Å². The summed E-state index contributed by atoms with van der Waals surface area (Å²) >= 11 is 0. The maximum atomic E-state index is 9.29. The number of rotatable bonds is 1. The molecule has 1 aliphatic heterocycles. The highest BCUT2D eigenvalue weighted by molar-refractivity contribution is 5.74. The van der Waals surface area contributed by atoms with E-state index in [4.69, 9.17) is 0 Å². The second kappa shape index (κ2) is 3.46. The van der Waals surface area contributed by atoms with Gasteiger partial charge in [-0.05, 0) is 18.6 Å². The first kappa shape index (κ1) is 9.28. The second-order valence-corrected chi connectivity index (χ2v) is 3.80. The van der Waals surface area contributed by atoms with Gasteiger partial charge in [-0.15, -0.1) is 0 Å². The molecule has 1 N–H and O–H groups in total. The number of nitrogens with zero attached hydrogens (tertiary/aromatic N) is 1. The van der Waals surface area contributed by atoms with Crippen LogP contribution in [0.1, 0.15) is 16.7 Å². The van der Waals surface area contributed by atoms with Crippen molar-refractivity contribution in [1.29, 1.82) is 0 Å². The van der Waals surface area contributed by atoms with Crippen LogP contribution in [-0.2, 0) is 6.61 Å². The molecular formula is C12H15NO. The van der Waals surface area contributed by atoms with E-state index in [-0.39, 0.29) is 6.61 Å². The molecular weight excluding hydrogens is 174 g/mol. The third-order valence-corrected chi connectivity index (χ3v) is 2.59. The van der Waals surface area contributed by atoms with Gasteiger partial charge >= 0.3 is 0 Å². The van der Waals surface area contributed by atoms with Crippen LogP contribution in [0, 0.1) is 6.92 Å². The van der Waals surface area contributed by atoms with Crippen molar-refractivity contribution in [3.63, 3.8) is 0 Å². The van der Waals surface area contributed by atoms with Gasteiger partial charge in [0.15, 0.2) is 0 Å². The molecule has 14 heavy (non-hydrogen) atoms.